The summed E-state index contributed by atoms with van der Waals surface area (Å²) in [5.74, 6) is 3.06. The van der Waals surface area contributed by atoms with Crippen LogP contribution in [0.2, 0.25) is 0 Å². The largest absolute Gasteiger partial charge is 0.451 e. The van der Waals surface area contributed by atoms with Gasteiger partial charge in [-0.15, -0.1) is 0 Å². The van der Waals surface area contributed by atoms with E-state index in [9.17, 15) is 17.6 Å². The molecular formula is C12H11F4N5. The zero-order valence-electron chi connectivity index (χ0n) is 10.6. The van der Waals surface area contributed by atoms with Crippen LogP contribution in [0, 0.1) is 5.82 Å². The molecule has 21 heavy (non-hydrogen) atoms. The highest BCUT2D eigenvalue weighted by Crippen LogP contribution is 2.28. The summed E-state index contributed by atoms with van der Waals surface area (Å²) in [5, 5.41) is 2.66. The van der Waals surface area contributed by atoms with Crippen molar-refractivity contribution in [2.24, 2.45) is 5.84 Å². The van der Waals surface area contributed by atoms with Crippen molar-refractivity contribution in [3.05, 3.63) is 47.5 Å². The molecule has 1 aromatic heterocycles. The number of hydrazine groups is 1. The second-order valence-electron chi connectivity index (χ2n) is 4.09. The summed E-state index contributed by atoms with van der Waals surface area (Å²) in [5.41, 5.74) is 2.60. The number of hydrogen-bond donors (Lipinski definition) is 3. The van der Waals surface area contributed by atoms with Gasteiger partial charge in [0.1, 0.15) is 17.5 Å². The van der Waals surface area contributed by atoms with E-state index in [1.165, 1.54) is 24.3 Å². The van der Waals surface area contributed by atoms with E-state index in [4.69, 9.17) is 5.84 Å². The number of nitrogens with one attached hydrogen (secondary N) is 2. The minimum absolute atomic E-state index is 0.0745. The number of anilines is 2. The van der Waals surface area contributed by atoms with Crippen LogP contribution in [0.5, 0.6) is 0 Å². The second kappa shape index (κ2) is 5.92. The molecule has 0 aliphatic carbocycles. The lowest BCUT2D eigenvalue weighted by atomic mass is 10.2. The fraction of sp³-hybridized carbons (Fsp3) is 0.167. The van der Waals surface area contributed by atoms with E-state index >= 15 is 0 Å². The molecule has 0 saturated heterocycles. The van der Waals surface area contributed by atoms with Crippen molar-refractivity contribution in [2.75, 3.05) is 10.7 Å². The SMILES string of the molecule is NNc1cc(NCc2cccc(F)c2)nc(C(F)(F)F)n1. The number of alkyl halides is 3. The fourth-order valence-corrected chi connectivity index (χ4v) is 1.58. The molecule has 0 saturated carbocycles. The summed E-state index contributed by atoms with van der Waals surface area (Å²) in [4.78, 5) is 6.57. The topological polar surface area (TPSA) is 75.9 Å². The van der Waals surface area contributed by atoms with Gasteiger partial charge in [-0.2, -0.15) is 13.2 Å². The summed E-state index contributed by atoms with van der Waals surface area (Å²) in [7, 11) is 0. The Morgan fingerprint density at radius 3 is 2.43 bits per heavy atom. The Bertz CT molecular complexity index is 629. The van der Waals surface area contributed by atoms with Crippen LogP contribution in [0.15, 0.2) is 30.3 Å². The monoisotopic (exact) mass is 301 g/mol. The number of halogens is 4. The van der Waals surface area contributed by atoms with Crippen LogP contribution in [-0.2, 0) is 12.7 Å². The molecule has 0 aliphatic heterocycles. The maximum absolute atomic E-state index is 13.0. The maximum Gasteiger partial charge on any atom is 0.451 e. The molecular weight excluding hydrogens is 290 g/mol. The summed E-state index contributed by atoms with van der Waals surface area (Å²) in [6, 6.07) is 6.88. The van der Waals surface area contributed by atoms with Gasteiger partial charge in [0.2, 0.25) is 5.82 Å². The minimum atomic E-state index is -4.69. The smallest absolute Gasteiger partial charge is 0.366 e. The molecule has 2 rings (SSSR count). The quantitative estimate of drug-likeness (QED) is 0.459. The van der Waals surface area contributed by atoms with Crippen molar-refractivity contribution >= 4 is 11.6 Å². The van der Waals surface area contributed by atoms with Crippen molar-refractivity contribution in [3.63, 3.8) is 0 Å². The summed E-state index contributed by atoms with van der Waals surface area (Å²) >= 11 is 0. The molecule has 4 N–H and O–H groups in total. The number of nitrogens with two attached hydrogens (primary N) is 1. The van der Waals surface area contributed by atoms with Crippen LogP contribution in [0.1, 0.15) is 11.4 Å². The molecule has 0 radical (unpaired) electrons. The van der Waals surface area contributed by atoms with Crippen LogP contribution in [0.3, 0.4) is 0 Å². The molecule has 1 heterocycles. The molecule has 1 aromatic carbocycles. The van der Waals surface area contributed by atoms with Gasteiger partial charge in [-0.05, 0) is 17.7 Å². The van der Waals surface area contributed by atoms with Crippen molar-refractivity contribution < 1.29 is 17.6 Å². The average Bonchev–Trinajstić information content (AvgIpc) is 2.44. The van der Waals surface area contributed by atoms with E-state index in [0.717, 1.165) is 0 Å². The van der Waals surface area contributed by atoms with E-state index in [0.29, 0.717) is 5.56 Å². The van der Waals surface area contributed by atoms with E-state index in [-0.39, 0.29) is 18.2 Å². The lowest BCUT2D eigenvalue weighted by Crippen LogP contribution is -2.17. The highest BCUT2D eigenvalue weighted by atomic mass is 19.4. The lowest BCUT2D eigenvalue weighted by Gasteiger charge is -2.11. The van der Waals surface area contributed by atoms with E-state index in [2.05, 4.69) is 15.3 Å². The number of aromatic nitrogens is 2. The van der Waals surface area contributed by atoms with E-state index in [1.54, 1.807) is 6.07 Å². The zero-order valence-corrected chi connectivity index (χ0v) is 10.6. The minimum Gasteiger partial charge on any atom is -0.366 e. The lowest BCUT2D eigenvalue weighted by molar-refractivity contribution is -0.144. The Hall–Kier alpha value is -2.42. The molecule has 9 heteroatoms. The molecule has 0 fully saturated rings. The molecule has 0 unspecified atom stereocenters. The highest BCUT2D eigenvalue weighted by molar-refractivity contribution is 5.47. The molecule has 0 aliphatic rings. The van der Waals surface area contributed by atoms with E-state index in [1.807, 2.05) is 5.43 Å². The molecule has 2 aromatic rings. The van der Waals surface area contributed by atoms with Crippen LogP contribution < -0.4 is 16.6 Å². The normalized spacial score (nSPS) is 11.3. The van der Waals surface area contributed by atoms with Crippen molar-refractivity contribution in [2.45, 2.75) is 12.7 Å². The number of hydrogen-bond acceptors (Lipinski definition) is 5. The van der Waals surface area contributed by atoms with Gasteiger partial charge >= 0.3 is 6.18 Å². The van der Waals surface area contributed by atoms with Gasteiger partial charge in [-0.1, -0.05) is 12.1 Å². The summed E-state index contributed by atoms with van der Waals surface area (Å²) in [6.07, 6.45) is -4.69. The first kappa shape index (κ1) is 15.0. The second-order valence-corrected chi connectivity index (χ2v) is 4.09. The van der Waals surface area contributed by atoms with Gasteiger partial charge < -0.3 is 10.7 Å². The van der Waals surface area contributed by atoms with Gasteiger partial charge in [-0.3, -0.25) is 0 Å². The third kappa shape index (κ3) is 4.02. The molecule has 5 nitrogen and oxygen atoms in total. The summed E-state index contributed by atoms with van der Waals surface area (Å²) < 4.78 is 50.9. The molecule has 0 bridgehead atoms. The Kier molecular flexibility index (Phi) is 4.22. The Labute approximate surface area is 117 Å². The average molecular weight is 301 g/mol. The van der Waals surface area contributed by atoms with Crippen molar-refractivity contribution in [1.29, 1.82) is 0 Å². The predicted molar refractivity (Wildman–Crippen MR) is 68.6 cm³/mol. The van der Waals surface area contributed by atoms with Crippen LogP contribution in [0.25, 0.3) is 0 Å². The molecule has 0 spiro atoms. The Morgan fingerprint density at radius 2 is 1.81 bits per heavy atom. The highest BCUT2D eigenvalue weighted by Gasteiger charge is 2.35. The van der Waals surface area contributed by atoms with Crippen molar-refractivity contribution in [3.8, 4) is 0 Å². The third-order valence-electron chi connectivity index (χ3n) is 2.49. The molecule has 0 atom stereocenters. The summed E-state index contributed by atoms with van der Waals surface area (Å²) in [6.45, 7) is 0.107. The number of nitrogen functional groups attached to an aromatic ring is 1. The van der Waals surface area contributed by atoms with Gasteiger partial charge in [0, 0.05) is 12.6 Å². The van der Waals surface area contributed by atoms with Gasteiger partial charge in [0.25, 0.3) is 0 Å². The van der Waals surface area contributed by atoms with Gasteiger partial charge in [-0.25, -0.2) is 20.2 Å². The van der Waals surface area contributed by atoms with Crippen molar-refractivity contribution in [1.82, 2.24) is 9.97 Å². The number of benzene rings is 1. The Balaban J connectivity index is 2.19. The maximum atomic E-state index is 13.0. The Morgan fingerprint density at radius 1 is 1.10 bits per heavy atom. The first-order valence-corrected chi connectivity index (χ1v) is 5.79. The molecule has 112 valence electrons. The predicted octanol–water partition coefficient (Wildman–Crippen LogP) is 2.53. The molecule has 0 amide bonds. The number of rotatable bonds is 4. The number of nitrogens with zero attached hydrogens (tertiary/aromatic N) is 2. The van der Waals surface area contributed by atoms with Gasteiger partial charge in [0.05, 0.1) is 0 Å². The van der Waals surface area contributed by atoms with Gasteiger partial charge in [0.15, 0.2) is 0 Å². The standard InChI is InChI=1S/C12H11F4N5/c13-8-3-1-2-7(4-8)6-18-9-5-10(21-17)20-11(19-9)12(14,15)16/h1-5H,6,17H2,(H2,18,19,20,21). The zero-order chi connectivity index (χ0) is 15.5. The first-order chi connectivity index (χ1) is 9.88. The fourth-order valence-electron chi connectivity index (χ4n) is 1.58. The van der Waals surface area contributed by atoms with E-state index < -0.39 is 17.8 Å². The van der Waals surface area contributed by atoms with Crippen LogP contribution >= 0.6 is 0 Å². The first-order valence-electron chi connectivity index (χ1n) is 5.79. The van der Waals surface area contributed by atoms with Crippen LogP contribution in [0.4, 0.5) is 29.2 Å². The van der Waals surface area contributed by atoms with Crippen LogP contribution in [-0.4, -0.2) is 9.97 Å². The third-order valence-corrected chi connectivity index (χ3v) is 2.49.